The molecule has 2 fully saturated rings. The summed E-state index contributed by atoms with van der Waals surface area (Å²) in [5, 5.41) is 2.28. The molecule has 5 rings (SSSR count). The van der Waals surface area contributed by atoms with Gasteiger partial charge in [0.1, 0.15) is 16.4 Å². The fourth-order valence-corrected chi connectivity index (χ4v) is 5.31. The highest BCUT2D eigenvalue weighted by Gasteiger charge is 2.50. The fourth-order valence-electron chi connectivity index (χ4n) is 4.42. The van der Waals surface area contributed by atoms with Crippen molar-refractivity contribution in [3.8, 4) is 17.0 Å². The number of thiazole rings is 1. The largest absolute Gasteiger partial charge is 0.489 e. The topological polar surface area (TPSA) is 64.0 Å². The Hall–Kier alpha value is -2.48. The number of amides is 1. The molecule has 1 saturated heterocycles. The van der Waals surface area contributed by atoms with E-state index in [0.717, 1.165) is 47.5 Å². The van der Waals surface area contributed by atoms with Crippen LogP contribution in [-0.2, 0) is 16.8 Å². The van der Waals surface area contributed by atoms with Gasteiger partial charge >= 0.3 is 6.09 Å². The average molecular weight is 486 g/mol. The summed E-state index contributed by atoms with van der Waals surface area (Å²) >= 11 is 1.29. The van der Waals surface area contributed by atoms with Crippen molar-refractivity contribution in [1.29, 1.82) is 0 Å². The third kappa shape index (κ3) is 4.32. The number of carbonyl (C=O) groups excluding carboxylic acids is 1. The fraction of sp³-hybridized carbons (Fsp3) is 0.577. The van der Waals surface area contributed by atoms with E-state index in [1.807, 2.05) is 17.5 Å². The number of aliphatic imine (C=N–C) groups is 1. The summed E-state index contributed by atoms with van der Waals surface area (Å²) in [5.41, 5.74) is 2.54. The van der Waals surface area contributed by atoms with Crippen LogP contribution in [0.5, 0.6) is 5.75 Å². The van der Waals surface area contributed by atoms with E-state index in [9.17, 15) is 4.79 Å². The van der Waals surface area contributed by atoms with Gasteiger partial charge in [-0.2, -0.15) is 0 Å². The SMILES string of the molecule is CC1=Nc2ccc(-c3csc(C4(F)CN(C(=O)OC(C)(C)C)C4)n3)c(OC3CCC3)c2CC1C. The first kappa shape index (κ1) is 23.3. The van der Waals surface area contributed by atoms with Crippen molar-refractivity contribution in [3.05, 3.63) is 28.1 Å². The van der Waals surface area contributed by atoms with Gasteiger partial charge in [-0.3, -0.25) is 4.99 Å². The number of nitrogens with zero attached hydrogens (tertiary/aromatic N) is 3. The van der Waals surface area contributed by atoms with Gasteiger partial charge < -0.3 is 14.4 Å². The minimum absolute atomic E-state index is 0.0456. The second-order valence-corrected chi connectivity index (χ2v) is 11.7. The molecule has 0 N–H and O–H groups in total. The third-order valence-corrected chi connectivity index (χ3v) is 7.81. The van der Waals surface area contributed by atoms with Gasteiger partial charge in [-0.25, -0.2) is 14.2 Å². The zero-order valence-corrected chi connectivity index (χ0v) is 21.3. The maximum absolute atomic E-state index is 15.6. The normalized spacial score (nSPS) is 21.8. The molecule has 2 aliphatic heterocycles. The minimum atomic E-state index is -1.65. The Morgan fingerprint density at radius 1 is 1.26 bits per heavy atom. The Morgan fingerprint density at radius 3 is 2.65 bits per heavy atom. The van der Waals surface area contributed by atoms with Gasteiger partial charge in [0.25, 0.3) is 0 Å². The highest BCUT2D eigenvalue weighted by Crippen LogP contribution is 2.46. The van der Waals surface area contributed by atoms with Crippen molar-refractivity contribution in [1.82, 2.24) is 9.88 Å². The van der Waals surface area contributed by atoms with Crippen molar-refractivity contribution in [2.75, 3.05) is 13.1 Å². The van der Waals surface area contributed by atoms with E-state index in [1.54, 1.807) is 20.8 Å². The van der Waals surface area contributed by atoms with E-state index < -0.39 is 17.4 Å². The molecule has 3 aliphatic rings. The summed E-state index contributed by atoms with van der Waals surface area (Å²) in [5.74, 6) is 1.19. The standard InChI is InChI=1S/C26H32FN3O3S/c1-15-11-19-20(28-16(15)2)10-9-18(22(19)32-17-7-6-8-17)21-12-34-23(29-21)26(27)13-30(14-26)24(31)33-25(3,4)5/h9-10,12,15,17H,6-8,11,13-14H2,1-5H3. The Morgan fingerprint density at radius 2 is 2.00 bits per heavy atom. The van der Waals surface area contributed by atoms with Crippen molar-refractivity contribution in [3.63, 3.8) is 0 Å². The van der Waals surface area contributed by atoms with E-state index in [0.29, 0.717) is 16.6 Å². The summed E-state index contributed by atoms with van der Waals surface area (Å²) in [4.78, 5) is 23.1. The molecule has 1 atom stereocenters. The first-order chi connectivity index (χ1) is 16.0. The lowest BCUT2D eigenvalue weighted by molar-refractivity contribution is -0.0537. The van der Waals surface area contributed by atoms with Crippen LogP contribution in [0.2, 0.25) is 0 Å². The monoisotopic (exact) mass is 485 g/mol. The van der Waals surface area contributed by atoms with Gasteiger partial charge in [0, 0.05) is 22.2 Å². The van der Waals surface area contributed by atoms with Crippen LogP contribution in [0.25, 0.3) is 11.3 Å². The maximum Gasteiger partial charge on any atom is 0.410 e. The smallest absolute Gasteiger partial charge is 0.410 e. The van der Waals surface area contributed by atoms with Crippen molar-refractivity contribution >= 4 is 28.8 Å². The molecule has 0 bridgehead atoms. The highest BCUT2D eigenvalue weighted by molar-refractivity contribution is 7.10. The van der Waals surface area contributed by atoms with E-state index in [4.69, 9.17) is 14.5 Å². The summed E-state index contributed by atoms with van der Waals surface area (Å²) in [6, 6.07) is 4.02. The highest BCUT2D eigenvalue weighted by atomic mass is 32.1. The van der Waals surface area contributed by atoms with Crippen molar-refractivity contribution in [2.45, 2.75) is 77.7 Å². The summed E-state index contributed by atoms with van der Waals surface area (Å²) < 4.78 is 27.4. The van der Waals surface area contributed by atoms with Crippen LogP contribution in [0.15, 0.2) is 22.5 Å². The number of benzene rings is 1. The maximum atomic E-state index is 15.6. The molecule has 1 unspecified atom stereocenters. The predicted molar refractivity (Wildman–Crippen MR) is 132 cm³/mol. The molecule has 1 amide bonds. The molecule has 1 aliphatic carbocycles. The van der Waals surface area contributed by atoms with Crippen molar-refractivity contribution in [2.24, 2.45) is 10.9 Å². The van der Waals surface area contributed by atoms with Gasteiger partial charge in [-0.1, -0.05) is 6.92 Å². The molecule has 0 spiro atoms. The van der Waals surface area contributed by atoms with Gasteiger partial charge in [0.05, 0.1) is 30.6 Å². The Kier molecular flexibility index (Phi) is 5.70. The molecule has 34 heavy (non-hydrogen) atoms. The lowest BCUT2D eigenvalue weighted by Crippen LogP contribution is -2.59. The zero-order chi connectivity index (χ0) is 24.3. The first-order valence-electron chi connectivity index (χ1n) is 12.0. The first-order valence-corrected chi connectivity index (χ1v) is 12.9. The van der Waals surface area contributed by atoms with Crippen LogP contribution in [0.4, 0.5) is 14.9 Å². The number of fused-ring (bicyclic) bond motifs is 1. The molecule has 3 heterocycles. The van der Waals surface area contributed by atoms with Crippen LogP contribution < -0.4 is 4.74 Å². The number of hydrogen-bond donors (Lipinski definition) is 0. The number of likely N-dealkylation sites (tertiary alicyclic amines) is 1. The number of halogens is 1. The number of ether oxygens (including phenoxy) is 2. The number of alkyl halides is 1. The lowest BCUT2D eigenvalue weighted by Gasteiger charge is -2.43. The lowest BCUT2D eigenvalue weighted by atomic mass is 9.89. The van der Waals surface area contributed by atoms with Gasteiger partial charge in [-0.15, -0.1) is 11.3 Å². The Labute approximate surface area is 204 Å². The van der Waals surface area contributed by atoms with Gasteiger partial charge in [0.15, 0.2) is 5.67 Å². The molecule has 6 nitrogen and oxygen atoms in total. The number of hydrogen-bond acceptors (Lipinski definition) is 6. The molecule has 1 saturated carbocycles. The van der Waals surface area contributed by atoms with Crippen LogP contribution in [0.3, 0.4) is 0 Å². The van der Waals surface area contributed by atoms with Crippen molar-refractivity contribution < 1.29 is 18.7 Å². The molecule has 8 heteroatoms. The second-order valence-electron chi connectivity index (χ2n) is 10.8. The number of aromatic nitrogens is 1. The Balaban J connectivity index is 1.41. The van der Waals surface area contributed by atoms with Crippen LogP contribution in [0.1, 0.15) is 64.5 Å². The molecular formula is C26H32FN3O3S. The predicted octanol–water partition coefficient (Wildman–Crippen LogP) is 6.44. The van der Waals surface area contributed by atoms with E-state index in [1.165, 1.54) is 22.7 Å². The number of rotatable bonds is 4. The van der Waals surface area contributed by atoms with Crippen LogP contribution in [-0.4, -0.2) is 46.5 Å². The van der Waals surface area contributed by atoms with Gasteiger partial charge in [0.2, 0.25) is 0 Å². The molecular weight excluding hydrogens is 453 g/mol. The summed E-state index contributed by atoms with van der Waals surface area (Å²) in [7, 11) is 0. The third-order valence-electron chi connectivity index (χ3n) is 6.79. The molecule has 1 aromatic heterocycles. The molecule has 2 aromatic rings. The van der Waals surface area contributed by atoms with E-state index in [2.05, 4.69) is 18.8 Å². The van der Waals surface area contributed by atoms with E-state index in [-0.39, 0.29) is 19.2 Å². The van der Waals surface area contributed by atoms with Gasteiger partial charge in [-0.05, 0) is 71.4 Å². The molecule has 1 aromatic carbocycles. The number of carbonyl (C=O) groups is 1. The second kappa shape index (κ2) is 8.33. The molecule has 182 valence electrons. The average Bonchev–Trinajstić information content (AvgIpc) is 3.18. The summed E-state index contributed by atoms with van der Waals surface area (Å²) in [6.07, 6.45) is 3.88. The Bertz CT molecular complexity index is 1140. The van der Waals surface area contributed by atoms with Crippen LogP contribution >= 0.6 is 11.3 Å². The molecule has 0 radical (unpaired) electrons. The zero-order valence-electron chi connectivity index (χ0n) is 20.5. The van der Waals surface area contributed by atoms with Crippen LogP contribution in [0, 0.1) is 5.92 Å². The van der Waals surface area contributed by atoms with E-state index >= 15 is 4.39 Å². The summed E-state index contributed by atoms with van der Waals surface area (Å²) in [6.45, 7) is 9.57. The quantitative estimate of drug-likeness (QED) is 0.500. The minimum Gasteiger partial charge on any atom is -0.489 e.